The van der Waals surface area contributed by atoms with Crippen LogP contribution in [0, 0.1) is 0 Å². The summed E-state index contributed by atoms with van der Waals surface area (Å²) in [4.78, 5) is 24.1. The lowest BCUT2D eigenvalue weighted by molar-refractivity contribution is 0.0927. The maximum atomic E-state index is 12.2. The molecule has 1 aliphatic rings. The molecule has 0 spiro atoms. The maximum absolute atomic E-state index is 12.2. The number of nitrogens with one attached hydrogen (secondary N) is 2. The molecule has 1 amide bonds. The van der Waals surface area contributed by atoms with Gasteiger partial charge in [0, 0.05) is 18.0 Å². The monoisotopic (exact) mass is 308 g/mol. The molecule has 1 aliphatic heterocycles. The first-order valence-electron chi connectivity index (χ1n) is 6.78. The minimum absolute atomic E-state index is 0. The summed E-state index contributed by atoms with van der Waals surface area (Å²) in [5, 5.41) is 6.85. The molecule has 2 N–H and O–H groups in total. The number of fused-ring (bicyclic) bond motifs is 1. The highest BCUT2D eigenvalue weighted by molar-refractivity contribution is 5.96. The number of hydrogen-bond donors (Lipinski definition) is 2. The van der Waals surface area contributed by atoms with Gasteiger partial charge in [-0.25, -0.2) is 4.79 Å². The number of carbonyl (C=O) groups excluding carboxylic acids is 1. The minimum atomic E-state index is -0.593. The van der Waals surface area contributed by atoms with Gasteiger partial charge < -0.3 is 15.1 Å². The summed E-state index contributed by atoms with van der Waals surface area (Å²) in [7, 11) is 0. The van der Waals surface area contributed by atoms with Gasteiger partial charge in [-0.05, 0) is 31.5 Å². The zero-order valence-corrected chi connectivity index (χ0v) is 12.2. The highest BCUT2D eigenvalue weighted by Gasteiger charge is 2.19. The van der Waals surface area contributed by atoms with Gasteiger partial charge in [0.2, 0.25) is 0 Å². The van der Waals surface area contributed by atoms with Crippen LogP contribution in [-0.2, 0) is 0 Å². The second-order valence-corrected chi connectivity index (χ2v) is 5.00. The van der Waals surface area contributed by atoms with E-state index in [1.54, 1.807) is 18.2 Å². The van der Waals surface area contributed by atoms with Gasteiger partial charge in [0.05, 0.1) is 0 Å². The highest BCUT2D eigenvalue weighted by atomic mass is 35.5. The van der Waals surface area contributed by atoms with E-state index in [1.807, 2.05) is 12.1 Å². The van der Waals surface area contributed by atoms with E-state index in [4.69, 9.17) is 4.42 Å². The molecule has 6 heteroatoms. The third-order valence-corrected chi connectivity index (χ3v) is 3.52. The standard InChI is InChI=1S/C15H16N2O3.ClH/c18-14(17-11-5-3-7-16-9-11)12-8-10-4-1-2-6-13(10)20-15(12)19;/h1-2,4,6,8,11,16H,3,5,7,9H2,(H,17,18);1H/t11-;/m1./s1. The van der Waals surface area contributed by atoms with Crippen LogP contribution in [0.2, 0.25) is 0 Å². The summed E-state index contributed by atoms with van der Waals surface area (Å²) in [6, 6.07) is 8.82. The molecule has 0 bridgehead atoms. The van der Waals surface area contributed by atoms with Crippen molar-refractivity contribution in [2.45, 2.75) is 18.9 Å². The molecule has 2 heterocycles. The summed E-state index contributed by atoms with van der Waals surface area (Å²) in [6.45, 7) is 1.72. The van der Waals surface area contributed by atoms with Gasteiger partial charge in [0.25, 0.3) is 5.91 Å². The average molecular weight is 309 g/mol. The highest BCUT2D eigenvalue weighted by Crippen LogP contribution is 2.13. The van der Waals surface area contributed by atoms with Crippen molar-refractivity contribution in [2.24, 2.45) is 0 Å². The molecular weight excluding hydrogens is 292 g/mol. The van der Waals surface area contributed by atoms with Crippen LogP contribution >= 0.6 is 12.4 Å². The van der Waals surface area contributed by atoms with Gasteiger partial charge in [0.15, 0.2) is 0 Å². The largest absolute Gasteiger partial charge is 0.422 e. The van der Waals surface area contributed by atoms with Crippen molar-refractivity contribution in [3.63, 3.8) is 0 Å². The number of carbonyl (C=O) groups is 1. The first kappa shape index (κ1) is 15.5. The summed E-state index contributed by atoms with van der Waals surface area (Å²) in [6.07, 6.45) is 1.95. The number of para-hydroxylation sites is 1. The Kier molecular flexibility index (Phi) is 4.98. The van der Waals surface area contributed by atoms with Gasteiger partial charge in [-0.2, -0.15) is 0 Å². The molecule has 112 valence electrons. The van der Waals surface area contributed by atoms with Crippen LogP contribution in [0.4, 0.5) is 0 Å². The van der Waals surface area contributed by atoms with Crippen LogP contribution in [0.15, 0.2) is 39.5 Å². The Labute approximate surface area is 128 Å². The second-order valence-electron chi connectivity index (χ2n) is 5.00. The summed E-state index contributed by atoms with van der Waals surface area (Å²) in [5.41, 5.74) is -0.0346. The van der Waals surface area contributed by atoms with E-state index in [1.165, 1.54) is 0 Å². The Morgan fingerprint density at radius 3 is 2.90 bits per heavy atom. The molecule has 5 nitrogen and oxygen atoms in total. The predicted molar refractivity (Wildman–Crippen MR) is 83.1 cm³/mol. The van der Waals surface area contributed by atoms with Crippen LogP contribution in [0.3, 0.4) is 0 Å². The average Bonchev–Trinajstić information content (AvgIpc) is 2.47. The normalized spacial score (nSPS) is 18.0. The molecule has 1 saturated heterocycles. The summed E-state index contributed by atoms with van der Waals surface area (Å²) in [5.74, 6) is -0.363. The molecule has 0 unspecified atom stereocenters. The Hall–Kier alpha value is -1.85. The van der Waals surface area contributed by atoms with Crippen LogP contribution in [-0.4, -0.2) is 25.0 Å². The van der Waals surface area contributed by atoms with E-state index in [0.717, 1.165) is 31.3 Å². The van der Waals surface area contributed by atoms with Crippen LogP contribution < -0.4 is 16.3 Å². The number of piperidine rings is 1. The van der Waals surface area contributed by atoms with Gasteiger partial charge in [-0.3, -0.25) is 4.79 Å². The van der Waals surface area contributed by atoms with E-state index < -0.39 is 5.63 Å². The molecule has 0 saturated carbocycles. The number of amides is 1. The Morgan fingerprint density at radius 1 is 1.33 bits per heavy atom. The molecule has 3 rings (SSSR count). The van der Waals surface area contributed by atoms with Crippen molar-refractivity contribution in [1.29, 1.82) is 0 Å². The van der Waals surface area contributed by atoms with E-state index in [0.29, 0.717) is 5.58 Å². The predicted octanol–water partition coefficient (Wildman–Crippen LogP) is 1.70. The lowest BCUT2D eigenvalue weighted by atomic mass is 10.1. The fourth-order valence-corrected chi connectivity index (χ4v) is 2.46. The van der Waals surface area contributed by atoms with Gasteiger partial charge in [-0.15, -0.1) is 12.4 Å². The van der Waals surface area contributed by atoms with Crippen LogP contribution in [0.1, 0.15) is 23.2 Å². The maximum Gasteiger partial charge on any atom is 0.349 e. The third-order valence-electron chi connectivity index (χ3n) is 3.52. The smallest absolute Gasteiger partial charge is 0.349 e. The molecule has 2 aromatic rings. The molecular formula is C15H17ClN2O3. The lowest BCUT2D eigenvalue weighted by Gasteiger charge is -2.23. The SMILES string of the molecule is Cl.O=C(N[C@@H]1CCCNC1)c1cc2ccccc2oc1=O. The quantitative estimate of drug-likeness (QED) is 0.828. The molecule has 0 radical (unpaired) electrons. The fraction of sp³-hybridized carbons (Fsp3) is 0.333. The van der Waals surface area contributed by atoms with Crippen molar-refractivity contribution >= 4 is 29.3 Å². The molecule has 1 aromatic heterocycles. The number of rotatable bonds is 2. The molecule has 1 aromatic carbocycles. The van der Waals surface area contributed by atoms with Crippen molar-refractivity contribution in [1.82, 2.24) is 10.6 Å². The van der Waals surface area contributed by atoms with Crippen molar-refractivity contribution in [3.05, 3.63) is 46.3 Å². The number of benzene rings is 1. The third kappa shape index (κ3) is 3.43. The zero-order chi connectivity index (χ0) is 13.9. The van der Waals surface area contributed by atoms with E-state index in [-0.39, 0.29) is 29.9 Å². The molecule has 1 atom stereocenters. The lowest BCUT2D eigenvalue weighted by Crippen LogP contribution is -2.46. The topological polar surface area (TPSA) is 71.3 Å². The Morgan fingerprint density at radius 2 is 2.14 bits per heavy atom. The van der Waals surface area contributed by atoms with Crippen molar-refractivity contribution < 1.29 is 9.21 Å². The fourth-order valence-electron chi connectivity index (χ4n) is 2.46. The Bertz CT molecular complexity index is 693. The first-order chi connectivity index (χ1) is 9.74. The second kappa shape index (κ2) is 6.74. The van der Waals surface area contributed by atoms with Crippen LogP contribution in [0.5, 0.6) is 0 Å². The van der Waals surface area contributed by atoms with E-state index in [9.17, 15) is 9.59 Å². The number of halogens is 1. The molecule has 21 heavy (non-hydrogen) atoms. The van der Waals surface area contributed by atoms with E-state index >= 15 is 0 Å². The first-order valence-corrected chi connectivity index (χ1v) is 6.78. The number of hydrogen-bond acceptors (Lipinski definition) is 4. The molecule has 0 aliphatic carbocycles. The van der Waals surface area contributed by atoms with Crippen molar-refractivity contribution in [2.75, 3.05) is 13.1 Å². The minimum Gasteiger partial charge on any atom is -0.422 e. The molecule has 1 fully saturated rings. The van der Waals surface area contributed by atoms with Crippen molar-refractivity contribution in [3.8, 4) is 0 Å². The van der Waals surface area contributed by atoms with Gasteiger partial charge in [0.1, 0.15) is 11.1 Å². The van der Waals surface area contributed by atoms with Gasteiger partial charge in [-0.1, -0.05) is 18.2 Å². The van der Waals surface area contributed by atoms with Gasteiger partial charge >= 0.3 is 5.63 Å². The van der Waals surface area contributed by atoms with Crippen LogP contribution in [0.25, 0.3) is 11.0 Å². The summed E-state index contributed by atoms with van der Waals surface area (Å²) >= 11 is 0. The zero-order valence-electron chi connectivity index (χ0n) is 11.4. The Balaban J connectivity index is 0.00000161. The van der Waals surface area contributed by atoms with E-state index in [2.05, 4.69) is 10.6 Å². The summed E-state index contributed by atoms with van der Waals surface area (Å²) < 4.78 is 5.17.